The Labute approximate surface area is 165 Å². The Hall–Kier alpha value is -2.82. The zero-order valence-corrected chi connectivity index (χ0v) is 16.3. The molecule has 1 fully saturated rings. The van der Waals surface area contributed by atoms with Crippen molar-refractivity contribution in [2.75, 3.05) is 18.5 Å². The van der Waals surface area contributed by atoms with Crippen LogP contribution in [0.15, 0.2) is 42.7 Å². The van der Waals surface area contributed by atoms with E-state index >= 15 is 0 Å². The minimum absolute atomic E-state index is 0.243. The summed E-state index contributed by atoms with van der Waals surface area (Å²) >= 11 is 0. The molecule has 0 bridgehead atoms. The van der Waals surface area contributed by atoms with Gasteiger partial charge in [0.05, 0.1) is 17.9 Å². The monoisotopic (exact) mass is 377 g/mol. The summed E-state index contributed by atoms with van der Waals surface area (Å²) in [6.07, 6.45) is 8.82. The summed E-state index contributed by atoms with van der Waals surface area (Å²) in [7, 11) is 0. The van der Waals surface area contributed by atoms with Crippen LogP contribution in [0.25, 0.3) is 10.9 Å². The number of aromatic nitrogens is 2. The van der Waals surface area contributed by atoms with E-state index in [-0.39, 0.29) is 5.97 Å². The zero-order chi connectivity index (χ0) is 19.3. The normalized spacial score (nSPS) is 13.6. The first kappa shape index (κ1) is 18.5. The molecule has 0 saturated heterocycles. The Bertz CT molecular complexity index is 959. The Balaban J connectivity index is 1.43. The molecule has 5 nitrogen and oxygen atoms in total. The van der Waals surface area contributed by atoms with Crippen molar-refractivity contribution in [3.63, 3.8) is 0 Å². The van der Waals surface area contributed by atoms with Crippen LogP contribution in [0.5, 0.6) is 0 Å². The van der Waals surface area contributed by atoms with Crippen molar-refractivity contribution in [1.29, 1.82) is 0 Å². The second-order valence-corrected chi connectivity index (χ2v) is 7.48. The molecule has 1 aliphatic carbocycles. The molecule has 1 saturated carbocycles. The number of esters is 1. The van der Waals surface area contributed by atoms with Gasteiger partial charge in [-0.05, 0) is 61.1 Å². The summed E-state index contributed by atoms with van der Waals surface area (Å²) in [5.41, 5.74) is 4.79. The summed E-state index contributed by atoms with van der Waals surface area (Å²) in [4.78, 5) is 20.4. The van der Waals surface area contributed by atoms with Crippen molar-refractivity contribution in [3.8, 4) is 0 Å². The summed E-state index contributed by atoms with van der Waals surface area (Å²) in [6.45, 7) is 3.27. The number of hydrogen-bond donors (Lipinski definition) is 2. The predicted octanol–water partition coefficient (Wildman–Crippen LogP) is 5.05. The lowest BCUT2D eigenvalue weighted by Crippen LogP contribution is -2.14. The first-order valence-electron chi connectivity index (χ1n) is 10.2. The number of pyridine rings is 1. The fraction of sp³-hybridized carbons (Fsp3) is 0.391. The molecule has 2 aromatic heterocycles. The molecular weight excluding hydrogens is 350 g/mol. The van der Waals surface area contributed by atoms with Gasteiger partial charge < -0.3 is 15.0 Å². The molecule has 5 heteroatoms. The molecule has 2 heterocycles. The van der Waals surface area contributed by atoms with E-state index in [4.69, 9.17) is 4.74 Å². The maximum absolute atomic E-state index is 12.6. The molecule has 146 valence electrons. The van der Waals surface area contributed by atoms with Crippen LogP contribution in [0.2, 0.25) is 0 Å². The largest absolute Gasteiger partial charge is 0.462 e. The number of benzene rings is 1. The van der Waals surface area contributed by atoms with E-state index in [0.29, 0.717) is 31.1 Å². The lowest BCUT2D eigenvalue weighted by Gasteiger charge is -2.12. The van der Waals surface area contributed by atoms with Crippen molar-refractivity contribution in [2.45, 2.75) is 44.9 Å². The number of ether oxygens (including phenoxy) is 1. The highest BCUT2D eigenvalue weighted by Gasteiger charge is 2.26. The highest BCUT2D eigenvalue weighted by atomic mass is 16.5. The summed E-state index contributed by atoms with van der Waals surface area (Å²) in [5, 5.41) is 4.62. The number of H-pyrrole nitrogens is 1. The summed E-state index contributed by atoms with van der Waals surface area (Å²) < 4.78 is 5.47. The van der Waals surface area contributed by atoms with Gasteiger partial charge in [-0.15, -0.1) is 0 Å². The van der Waals surface area contributed by atoms with Crippen LogP contribution in [-0.4, -0.2) is 29.1 Å². The number of nitrogens with one attached hydrogen (secondary N) is 2. The van der Waals surface area contributed by atoms with Gasteiger partial charge in [0.25, 0.3) is 0 Å². The topological polar surface area (TPSA) is 67.0 Å². The number of unbranched alkanes of at least 4 members (excludes halogenated alkanes) is 1. The van der Waals surface area contributed by atoms with Gasteiger partial charge in [-0.2, -0.15) is 0 Å². The Morgan fingerprint density at radius 2 is 2.18 bits per heavy atom. The van der Waals surface area contributed by atoms with Crippen LogP contribution in [0.3, 0.4) is 0 Å². The van der Waals surface area contributed by atoms with Crippen molar-refractivity contribution in [3.05, 3.63) is 59.5 Å². The predicted molar refractivity (Wildman–Crippen MR) is 112 cm³/mol. The number of carbonyl (C=O) groups excluding carboxylic acids is 1. The molecule has 28 heavy (non-hydrogen) atoms. The second-order valence-electron chi connectivity index (χ2n) is 7.48. The molecule has 0 amide bonds. The lowest BCUT2D eigenvalue weighted by molar-refractivity contribution is 0.0497. The highest BCUT2D eigenvalue weighted by Crippen LogP contribution is 2.40. The number of carbonyl (C=O) groups is 1. The molecule has 0 atom stereocenters. The second kappa shape index (κ2) is 8.46. The van der Waals surface area contributed by atoms with E-state index in [1.807, 2.05) is 18.5 Å². The van der Waals surface area contributed by atoms with Gasteiger partial charge in [0, 0.05) is 41.9 Å². The number of rotatable bonds is 9. The van der Waals surface area contributed by atoms with E-state index in [0.717, 1.165) is 35.3 Å². The fourth-order valence-corrected chi connectivity index (χ4v) is 3.40. The third kappa shape index (κ3) is 4.35. The number of aromatic amines is 1. The van der Waals surface area contributed by atoms with Gasteiger partial charge in [-0.25, -0.2) is 4.79 Å². The lowest BCUT2D eigenvalue weighted by atomic mass is 10.1. The maximum atomic E-state index is 12.6. The number of hydrogen-bond acceptors (Lipinski definition) is 4. The van der Waals surface area contributed by atoms with Gasteiger partial charge >= 0.3 is 5.97 Å². The fourth-order valence-electron chi connectivity index (χ4n) is 3.40. The Morgan fingerprint density at radius 3 is 3.00 bits per heavy atom. The van der Waals surface area contributed by atoms with Gasteiger partial charge in [-0.3, -0.25) is 4.98 Å². The summed E-state index contributed by atoms with van der Waals surface area (Å²) in [6, 6.07) is 10.3. The van der Waals surface area contributed by atoms with E-state index in [9.17, 15) is 4.79 Å². The van der Waals surface area contributed by atoms with Crippen LogP contribution in [0, 0.1) is 0 Å². The molecular formula is C23H27N3O2. The van der Waals surface area contributed by atoms with Crippen molar-refractivity contribution < 1.29 is 9.53 Å². The maximum Gasteiger partial charge on any atom is 0.339 e. The molecule has 1 aliphatic rings. The molecule has 0 radical (unpaired) electrons. The van der Waals surface area contributed by atoms with Gasteiger partial charge in [-0.1, -0.05) is 13.3 Å². The minimum Gasteiger partial charge on any atom is -0.462 e. The quantitative estimate of drug-likeness (QED) is 0.404. The van der Waals surface area contributed by atoms with E-state index in [1.165, 1.54) is 18.2 Å². The van der Waals surface area contributed by atoms with Crippen molar-refractivity contribution >= 4 is 22.6 Å². The minimum atomic E-state index is -0.243. The molecule has 3 aromatic rings. The highest BCUT2D eigenvalue weighted by molar-refractivity contribution is 5.91. The average molecular weight is 377 g/mol. The molecule has 0 unspecified atom stereocenters. The standard InChI is InChI=1S/C23H27N3O2/c1-2-3-12-28-23(27)20-14-18(16-4-5-16)15-26-22(20)9-11-24-19-6-7-21-17(13-19)8-10-25-21/h6-8,10,13-16,24-25H,2-5,9,11-12H2,1H3. The van der Waals surface area contributed by atoms with Crippen LogP contribution in [-0.2, 0) is 11.2 Å². The van der Waals surface area contributed by atoms with E-state index < -0.39 is 0 Å². The third-order valence-corrected chi connectivity index (χ3v) is 5.24. The molecule has 0 aliphatic heterocycles. The third-order valence-electron chi connectivity index (χ3n) is 5.24. The SMILES string of the molecule is CCCCOC(=O)c1cc(C2CC2)cnc1CCNc1ccc2[nH]ccc2c1. The Kier molecular flexibility index (Phi) is 5.60. The Morgan fingerprint density at radius 1 is 1.29 bits per heavy atom. The molecule has 1 aromatic carbocycles. The first-order valence-corrected chi connectivity index (χ1v) is 10.2. The van der Waals surface area contributed by atoms with Gasteiger partial charge in [0.2, 0.25) is 0 Å². The van der Waals surface area contributed by atoms with E-state index in [2.05, 4.69) is 46.5 Å². The van der Waals surface area contributed by atoms with Crippen molar-refractivity contribution in [1.82, 2.24) is 9.97 Å². The average Bonchev–Trinajstić information content (AvgIpc) is 3.46. The van der Waals surface area contributed by atoms with Crippen LogP contribution in [0.4, 0.5) is 5.69 Å². The number of nitrogens with zero attached hydrogens (tertiary/aromatic N) is 1. The van der Waals surface area contributed by atoms with Crippen LogP contribution < -0.4 is 5.32 Å². The molecule has 2 N–H and O–H groups in total. The van der Waals surface area contributed by atoms with Crippen LogP contribution >= 0.6 is 0 Å². The van der Waals surface area contributed by atoms with Gasteiger partial charge in [0.1, 0.15) is 0 Å². The smallest absolute Gasteiger partial charge is 0.339 e. The van der Waals surface area contributed by atoms with Crippen molar-refractivity contribution in [2.24, 2.45) is 0 Å². The summed E-state index contributed by atoms with van der Waals surface area (Å²) in [5.74, 6) is 0.321. The molecule has 0 spiro atoms. The van der Waals surface area contributed by atoms with Crippen LogP contribution in [0.1, 0.15) is 60.1 Å². The number of fused-ring (bicyclic) bond motifs is 1. The van der Waals surface area contributed by atoms with Gasteiger partial charge in [0.15, 0.2) is 0 Å². The molecule has 4 rings (SSSR count). The first-order chi connectivity index (χ1) is 13.7. The number of anilines is 1. The zero-order valence-electron chi connectivity index (χ0n) is 16.3. The van der Waals surface area contributed by atoms with E-state index in [1.54, 1.807) is 0 Å².